The Kier molecular flexibility index (Phi) is 4.68. The summed E-state index contributed by atoms with van der Waals surface area (Å²) in [5.41, 5.74) is 0.736. The van der Waals surface area contributed by atoms with Gasteiger partial charge in [-0.2, -0.15) is 0 Å². The fraction of sp³-hybridized carbons (Fsp3) is 0.545. The van der Waals surface area contributed by atoms with E-state index in [1.165, 1.54) is 0 Å². The maximum absolute atomic E-state index is 11.8. The molecule has 1 aromatic rings. The van der Waals surface area contributed by atoms with E-state index in [2.05, 4.69) is 15.3 Å². The quantitative estimate of drug-likeness (QED) is 0.825. The fourth-order valence-corrected chi connectivity index (χ4v) is 1.70. The highest BCUT2D eigenvalue weighted by molar-refractivity contribution is 6.29. The smallest absolute Gasteiger partial charge is 0.231 e. The molecule has 1 N–H and O–H groups in total. The first kappa shape index (κ1) is 12.9. The van der Waals surface area contributed by atoms with Crippen LogP contribution < -0.4 is 5.32 Å². The number of amides is 1. The average Bonchev–Trinajstić information content (AvgIpc) is 2.17. The van der Waals surface area contributed by atoms with Crippen molar-refractivity contribution in [1.29, 1.82) is 0 Å². The lowest BCUT2D eigenvalue weighted by Gasteiger charge is -2.11. The summed E-state index contributed by atoms with van der Waals surface area (Å²) in [4.78, 5) is 19.8. The molecule has 0 saturated carbocycles. The Morgan fingerprint density at radius 2 is 2.06 bits per heavy atom. The maximum Gasteiger partial charge on any atom is 0.231 e. The molecular weight excluding hydrogens is 226 g/mol. The van der Waals surface area contributed by atoms with Crippen molar-refractivity contribution in [3.63, 3.8) is 0 Å². The summed E-state index contributed by atoms with van der Waals surface area (Å²) in [5, 5.41) is 3.02. The molecule has 16 heavy (non-hydrogen) atoms. The maximum atomic E-state index is 11.8. The predicted octanol–water partition coefficient (Wildman–Crippen LogP) is 2.81. The number of nitrogens with one attached hydrogen (secondary N) is 1. The predicted molar refractivity (Wildman–Crippen MR) is 64.5 cm³/mol. The second kappa shape index (κ2) is 5.80. The highest BCUT2D eigenvalue weighted by atomic mass is 35.5. The number of carbonyl (C=O) groups is 1. The molecule has 0 spiro atoms. The molecule has 0 fully saturated rings. The second-order valence-electron chi connectivity index (χ2n) is 3.66. The molecule has 88 valence electrons. The van der Waals surface area contributed by atoms with Crippen LogP contribution in [0, 0.1) is 12.8 Å². The minimum Gasteiger partial charge on any atom is -0.294 e. The zero-order valence-corrected chi connectivity index (χ0v) is 10.5. The molecule has 0 saturated heterocycles. The van der Waals surface area contributed by atoms with Crippen LogP contribution in [0.1, 0.15) is 32.4 Å². The summed E-state index contributed by atoms with van der Waals surface area (Å²) in [6.07, 6.45) is 1.61. The van der Waals surface area contributed by atoms with Crippen LogP contribution in [0.25, 0.3) is 0 Å². The first-order chi connectivity index (χ1) is 7.56. The van der Waals surface area contributed by atoms with Crippen LogP contribution in [0.4, 0.5) is 5.95 Å². The van der Waals surface area contributed by atoms with E-state index >= 15 is 0 Å². The molecule has 0 unspecified atom stereocenters. The molecule has 0 aliphatic heterocycles. The number of aromatic nitrogens is 2. The number of carbonyl (C=O) groups excluding carboxylic acids is 1. The van der Waals surface area contributed by atoms with Crippen LogP contribution in [-0.2, 0) is 4.79 Å². The Labute approximate surface area is 100 Å². The molecule has 0 bridgehead atoms. The average molecular weight is 242 g/mol. The van der Waals surface area contributed by atoms with E-state index in [1.807, 2.05) is 13.8 Å². The van der Waals surface area contributed by atoms with Gasteiger partial charge in [-0.1, -0.05) is 25.4 Å². The molecule has 1 aromatic heterocycles. The molecule has 0 aromatic carbocycles. The van der Waals surface area contributed by atoms with Crippen LogP contribution in [0.15, 0.2) is 6.07 Å². The van der Waals surface area contributed by atoms with Crippen molar-refractivity contribution in [2.75, 3.05) is 5.32 Å². The van der Waals surface area contributed by atoms with E-state index in [9.17, 15) is 4.79 Å². The third-order valence-electron chi connectivity index (χ3n) is 2.41. The normalized spacial score (nSPS) is 10.6. The number of rotatable bonds is 4. The van der Waals surface area contributed by atoms with Gasteiger partial charge in [0, 0.05) is 11.6 Å². The minimum atomic E-state index is -0.0494. The van der Waals surface area contributed by atoms with E-state index in [1.54, 1.807) is 13.0 Å². The fourth-order valence-electron chi connectivity index (χ4n) is 1.46. The van der Waals surface area contributed by atoms with Gasteiger partial charge < -0.3 is 0 Å². The van der Waals surface area contributed by atoms with Crippen LogP contribution in [-0.4, -0.2) is 15.9 Å². The van der Waals surface area contributed by atoms with Gasteiger partial charge in [0.05, 0.1) is 0 Å². The van der Waals surface area contributed by atoms with Gasteiger partial charge >= 0.3 is 0 Å². The van der Waals surface area contributed by atoms with E-state index in [-0.39, 0.29) is 17.8 Å². The van der Waals surface area contributed by atoms with Gasteiger partial charge in [-0.05, 0) is 25.8 Å². The van der Waals surface area contributed by atoms with Crippen molar-refractivity contribution < 1.29 is 4.79 Å². The highest BCUT2D eigenvalue weighted by Crippen LogP contribution is 2.13. The van der Waals surface area contributed by atoms with Crippen LogP contribution in [0.2, 0.25) is 5.15 Å². The summed E-state index contributed by atoms with van der Waals surface area (Å²) >= 11 is 5.78. The van der Waals surface area contributed by atoms with Gasteiger partial charge in [-0.3, -0.25) is 10.1 Å². The largest absolute Gasteiger partial charge is 0.294 e. The third-order valence-corrected chi connectivity index (χ3v) is 2.61. The van der Waals surface area contributed by atoms with Crippen molar-refractivity contribution in [3.8, 4) is 0 Å². The molecule has 4 nitrogen and oxygen atoms in total. The lowest BCUT2D eigenvalue weighted by atomic mass is 10.0. The Balaban J connectivity index is 2.76. The first-order valence-electron chi connectivity index (χ1n) is 5.38. The zero-order valence-electron chi connectivity index (χ0n) is 9.75. The van der Waals surface area contributed by atoms with Crippen LogP contribution in [0.5, 0.6) is 0 Å². The van der Waals surface area contributed by atoms with Crippen LogP contribution >= 0.6 is 11.6 Å². The third kappa shape index (κ3) is 3.45. The molecule has 1 rings (SSSR count). The van der Waals surface area contributed by atoms with Crippen molar-refractivity contribution in [2.45, 2.75) is 33.6 Å². The van der Waals surface area contributed by atoms with E-state index in [0.717, 1.165) is 18.5 Å². The Hall–Kier alpha value is -1.16. The molecule has 1 heterocycles. The summed E-state index contributed by atoms with van der Waals surface area (Å²) in [7, 11) is 0. The summed E-state index contributed by atoms with van der Waals surface area (Å²) < 4.78 is 0. The Bertz CT molecular complexity index is 357. The summed E-state index contributed by atoms with van der Waals surface area (Å²) in [6, 6.07) is 1.65. The highest BCUT2D eigenvalue weighted by Gasteiger charge is 2.15. The molecule has 0 atom stereocenters. The van der Waals surface area contributed by atoms with E-state index in [4.69, 9.17) is 11.6 Å². The van der Waals surface area contributed by atoms with Gasteiger partial charge in [0.15, 0.2) is 0 Å². The standard InChI is InChI=1S/C11H16ClN3O/c1-4-8(5-2)10(16)15-11-13-7(3)6-9(12)14-11/h6,8H,4-5H2,1-3H3,(H,13,14,15,16). The molecular formula is C11H16ClN3O. The monoisotopic (exact) mass is 241 g/mol. The second-order valence-corrected chi connectivity index (χ2v) is 4.05. The van der Waals surface area contributed by atoms with Crippen molar-refractivity contribution in [3.05, 3.63) is 16.9 Å². The van der Waals surface area contributed by atoms with Gasteiger partial charge in [0.2, 0.25) is 11.9 Å². The van der Waals surface area contributed by atoms with E-state index < -0.39 is 0 Å². The van der Waals surface area contributed by atoms with Gasteiger partial charge in [0.1, 0.15) is 5.15 Å². The SMILES string of the molecule is CCC(CC)C(=O)Nc1nc(C)cc(Cl)n1. The number of nitrogens with zero attached hydrogens (tertiary/aromatic N) is 2. The number of anilines is 1. The molecule has 0 aliphatic carbocycles. The van der Waals surface area contributed by atoms with E-state index in [0.29, 0.717) is 5.15 Å². The molecule has 1 amide bonds. The lowest BCUT2D eigenvalue weighted by molar-refractivity contribution is -0.120. The van der Waals surface area contributed by atoms with Gasteiger partial charge in [-0.25, -0.2) is 9.97 Å². The molecule has 0 aliphatic rings. The Morgan fingerprint density at radius 3 is 2.56 bits per heavy atom. The number of aryl methyl sites for hydroxylation is 1. The number of hydrogen-bond donors (Lipinski definition) is 1. The van der Waals surface area contributed by atoms with Crippen molar-refractivity contribution >= 4 is 23.5 Å². The minimum absolute atomic E-state index is 0.00267. The lowest BCUT2D eigenvalue weighted by Crippen LogP contribution is -2.23. The number of halogens is 1. The molecule has 5 heteroatoms. The zero-order chi connectivity index (χ0) is 12.1. The Morgan fingerprint density at radius 1 is 1.44 bits per heavy atom. The van der Waals surface area contributed by atoms with Crippen molar-refractivity contribution in [1.82, 2.24) is 9.97 Å². The molecule has 0 radical (unpaired) electrons. The summed E-state index contributed by atoms with van der Waals surface area (Å²) in [5.74, 6) is 0.233. The van der Waals surface area contributed by atoms with Gasteiger partial charge in [-0.15, -0.1) is 0 Å². The number of hydrogen-bond acceptors (Lipinski definition) is 3. The topological polar surface area (TPSA) is 54.9 Å². The van der Waals surface area contributed by atoms with Crippen LogP contribution in [0.3, 0.4) is 0 Å². The summed E-state index contributed by atoms with van der Waals surface area (Å²) in [6.45, 7) is 5.77. The first-order valence-corrected chi connectivity index (χ1v) is 5.76. The van der Waals surface area contributed by atoms with Gasteiger partial charge in [0.25, 0.3) is 0 Å². The van der Waals surface area contributed by atoms with Crippen molar-refractivity contribution in [2.24, 2.45) is 5.92 Å².